The van der Waals surface area contributed by atoms with Crippen LogP contribution in [-0.2, 0) is 6.18 Å². The number of piperidine rings is 1. The van der Waals surface area contributed by atoms with Crippen molar-refractivity contribution in [3.05, 3.63) is 41.7 Å². The van der Waals surface area contributed by atoms with Gasteiger partial charge in [0.05, 0.1) is 17.9 Å². The second-order valence-corrected chi connectivity index (χ2v) is 6.16. The van der Waals surface area contributed by atoms with Crippen molar-refractivity contribution >= 4 is 5.82 Å². The van der Waals surface area contributed by atoms with Crippen LogP contribution in [0.4, 0.5) is 19.0 Å². The summed E-state index contributed by atoms with van der Waals surface area (Å²) in [5, 5.41) is 7.92. The van der Waals surface area contributed by atoms with Crippen LogP contribution in [0.25, 0.3) is 0 Å². The minimum Gasteiger partial charge on any atom is -0.476 e. The Morgan fingerprint density at radius 2 is 1.88 bits per heavy atom. The Bertz CT molecular complexity index is 681. The summed E-state index contributed by atoms with van der Waals surface area (Å²) in [6, 6.07) is 6.15. The van der Waals surface area contributed by atoms with Gasteiger partial charge in [-0.2, -0.15) is 18.3 Å². The highest BCUT2D eigenvalue weighted by atomic mass is 19.4. The van der Waals surface area contributed by atoms with Crippen molar-refractivity contribution in [2.45, 2.75) is 25.9 Å². The zero-order valence-electron chi connectivity index (χ0n) is 13.8. The van der Waals surface area contributed by atoms with Crippen LogP contribution >= 0.6 is 0 Å². The second kappa shape index (κ2) is 7.25. The molecule has 0 saturated carbocycles. The van der Waals surface area contributed by atoms with Gasteiger partial charge in [-0.05, 0) is 43.9 Å². The fraction of sp³-hybridized carbons (Fsp3) is 0.471. The van der Waals surface area contributed by atoms with Gasteiger partial charge in [0.25, 0.3) is 0 Å². The van der Waals surface area contributed by atoms with E-state index in [-0.39, 0.29) is 0 Å². The molecule has 2 aromatic rings. The van der Waals surface area contributed by atoms with Gasteiger partial charge in [-0.25, -0.2) is 4.98 Å². The van der Waals surface area contributed by atoms with Crippen LogP contribution in [0.2, 0.25) is 0 Å². The third-order valence-corrected chi connectivity index (χ3v) is 4.25. The van der Waals surface area contributed by atoms with E-state index in [1.807, 2.05) is 17.9 Å². The molecular weight excluding hydrogens is 333 g/mol. The molecule has 2 aromatic heterocycles. The van der Waals surface area contributed by atoms with Crippen LogP contribution in [0.15, 0.2) is 30.5 Å². The highest BCUT2D eigenvalue weighted by molar-refractivity contribution is 5.40. The monoisotopic (exact) mass is 352 g/mol. The average Bonchev–Trinajstić information content (AvgIpc) is 2.61. The molecule has 0 N–H and O–H groups in total. The van der Waals surface area contributed by atoms with Gasteiger partial charge >= 0.3 is 6.18 Å². The van der Waals surface area contributed by atoms with E-state index in [1.54, 1.807) is 6.07 Å². The highest BCUT2D eigenvalue weighted by Crippen LogP contribution is 2.30. The number of anilines is 1. The Labute approximate surface area is 143 Å². The number of hydrogen-bond acceptors (Lipinski definition) is 5. The van der Waals surface area contributed by atoms with Gasteiger partial charge in [0, 0.05) is 25.4 Å². The van der Waals surface area contributed by atoms with Gasteiger partial charge in [-0.15, -0.1) is 5.10 Å². The summed E-state index contributed by atoms with van der Waals surface area (Å²) in [4.78, 5) is 5.95. The first kappa shape index (κ1) is 17.4. The van der Waals surface area contributed by atoms with Crippen molar-refractivity contribution < 1.29 is 17.9 Å². The molecule has 5 nitrogen and oxygen atoms in total. The predicted molar refractivity (Wildman–Crippen MR) is 86.4 cm³/mol. The van der Waals surface area contributed by atoms with E-state index in [9.17, 15) is 13.2 Å². The van der Waals surface area contributed by atoms with Crippen molar-refractivity contribution in [1.29, 1.82) is 0 Å². The van der Waals surface area contributed by atoms with E-state index >= 15 is 0 Å². The molecule has 0 bridgehead atoms. The maximum atomic E-state index is 12.6. The lowest BCUT2D eigenvalue weighted by Crippen LogP contribution is -2.36. The van der Waals surface area contributed by atoms with E-state index in [4.69, 9.17) is 4.74 Å². The van der Waals surface area contributed by atoms with E-state index in [2.05, 4.69) is 15.2 Å². The second-order valence-electron chi connectivity index (χ2n) is 6.16. The van der Waals surface area contributed by atoms with Gasteiger partial charge in [-0.3, -0.25) is 0 Å². The van der Waals surface area contributed by atoms with E-state index in [1.165, 1.54) is 6.07 Å². The lowest BCUT2D eigenvalue weighted by atomic mass is 9.98. The highest BCUT2D eigenvalue weighted by Gasteiger charge is 2.31. The number of rotatable bonds is 4. The standard InChI is InChI=1S/C17H19F3N4O/c1-12-2-5-16(23-22-12)25-11-13-6-8-24(9-7-13)15-4-3-14(10-21-15)17(18,19)20/h2-5,10,13H,6-9,11H2,1H3. The molecule has 0 spiro atoms. The minimum absolute atomic E-state index is 0.383. The average molecular weight is 352 g/mol. The van der Waals surface area contributed by atoms with Crippen molar-refractivity contribution in [3.63, 3.8) is 0 Å². The largest absolute Gasteiger partial charge is 0.476 e. The third kappa shape index (κ3) is 4.58. The first-order valence-corrected chi connectivity index (χ1v) is 8.13. The fourth-order valence-corrected chi connectivity index (χ4v) is 2.74. The van der Waals surface area contributed by atoms with Gasteiger partial charge < -0.3 is 9.64 Å². The summed E-state index contributed by atoms with van der Waals surface area (Å²) in [5.41, 5.74) is 0.114. The molecule has 0 atom stereocenters. The Morgan fingerprint density at radius 1 is 1.12 bits per heavy atom. The van der Waals surface area contributed by atoms with E-state index < -0.39 is 11.7 Å². The van der Waals surface area contributed by atoms with Crippen molar-refractivity contribution in [2.75, 3.05) is 24.6 Å². The smallest absolute Gasteiger partial charge is 0.417 e. The third-order valence-electron chi connectivity index (χ3n) is 4.25. The summed E-state index contributed by atoms with van der Waals surface area (Å²) in [5.74, 6) is 1.48. The molecule has 1 aliphatic heterocycles. The number of nitrogens with zero attached hydrogens (tertiary/aromatic N) is 4. The van der Waals surface area contributed by atoms with Crippen LogP contribution in [0.5, 0.6) is 5.88 Å². The molecule has 25 heavy (non-hydrogen) atoms. The molecular formula is C17H19F3N4O. The van der Waals surface area contributed by atoms with Crippen LogP contribution < -0.4 is 9.64 Å². The topological polar surface area (TPSA) is 51.1 Å². The zero-order chi connectivity index (χ0) is 17.9. The van der Waals surface area contributed by atoms with Crippen LogP contribution in [-0.4, -0.2) is 34.9 Å². The molecule has 3 rings (SSSR count). The number of hydrogen-bond donors (Lipinski definition) is 0. The van der Waals surface area contributed by atoms with E-state index in [0.29, 0.717) is 24.2 Å². The number of aryl methyl sites for hydroxylation is 1. The first-order valence-electron chi connectivity index (χ1n) is 8.13. The van der Waals surface area contributed by atoms with Crippen LogP contribution in [0.1, 0.15) is 24.1 Å². The summed E-state index contributed by atoms with van der Waals surface area (Å²) in [6.45, 7) is 3.91. The van der Waals surface area contributed by atoms with E-state index in [0.717, 1.165) is 43.9 Å². The number of alkyl halides is 3. The number of aromatic nitrogens is 3. The number of pyridine rings is 1. The number of halogens is 3. The van der Waals surface area contributed by atoms with Gasteiger partial charge in [0.1, 0.15) is 5.82 Å². The quantitative estimate of drug-likeness (QED) is 0.843. The molecule has 3 heterocycles. The maximum Gasteiger partial charge on any atom is 0.417 e. The SMILES string of the molecule is Cc1ccc(OCC2CCN(c3ccc(C(F)(F)F)cn3)CC2)nn1. The summed E-state index contributed by atoms with van der Waals surface area (Å²) in [7, 11) is 0. The lowest BCUT2D eigenvalue weighted by molar-refractivity contribution is -0.137. The predicted octanol–water partition coefficient (Wildman–Crippen LogP) is 3.49. The van der Waals surface area contributed by atoms with Crippen molar-refractivity contribution in [3.8, 4) is 5.88 Å². The molecule has 1 fully saturated rings. The molecule has 1 aliphatic rings. The Hall–Kier alpha value is -2.38. The van der Waals surface area contributed by atoms with Gasteiger partial charge in [0.15, 0.2) is 0 Å². The Morgan fingerprint density at radius 3 is 2.44 bits per heavy atom. The van der Waals surface area contributed by atoms with Gasteiger partial charge in [0.2, 0.25) is 5.88 Å². The van der Waals surface area contributed by atoms with Gasteiger partial charge in [-0.1, -0.05) is 0 Å². The van der Waals surface area contributed by atoms with Crippen LogP contribution in [0, 0.1) is 12.8 Å². The molecule has 1 saturated heterocycles. The normalized spacial score (nSPS) is 16.1. The number of ether oxygens (including phenoxy) is 1. The fourth-order valence-electron chi connectivity index (χ4n) is 2.74. The minimum atomic E-state index is -4.35. The summed E-state index contributed by atoms with van der Waals surface area (Å²) in [6.07, 6.45) is -1.68. The Balaban J connectivity index is 1.49. The van der Waals surface area contributed by atoms with Crippen molar-refractivity contribution in [2.24, 2.45) is 5.92 Å². The van der Waals surface area contributed by atoms with Crippen LogP contribution in [0.3, 0.4) is 0 Å². The lowest BCUT2D eigenvalue weighted by Gasteiger charge is -2.32. The summed E-state index contributed by atoms with van der Waals surface area (Å²) >= 11 is 0. The zero-order valence-corrected chi connectivity index (χ0v) is 13.8. The van der Waals surface area contributed by atoms with Crippen molar-refractivity contribution in [1.82, 2.24) is 15.2 Å². The molecule has 8 heteroatoms. The summed E-state index contributed by atoms with van der Waals surface area (Å²) < 4.78 is 43.4. The molecule has 0 aromatic carbocycles. The molecule has 134 valence electrons. The maximum absolute atomic E-state index is 12.6. The molecule has 0 radical (unpaired) electrons. The molecule has 0 amide bonds. The molecule has 0 aliphatic carbocycles. The Kier molecular flexibility index (Phi) is 5.06. The molecule has 0 unspecified atom stereocenters. The first-order chi connectivity index (χ1) is 11.9.